The predicted octanol–water partition coefficient (Wildman–Crippen LogP) is 12.0. The third-order valence-electron chi connectivity index (χ3n) is 8.81. The number of benzene rings is 3. The molecule has 40 heavy (non-hydrogen) atoms. The molecule has 214 valence electrons. The Morgan fingerprint density at radius 3 is 2.05 bits per heavy atom. The summed E-state index contributed by atoms with van der Waals surface area (Å²) >= 11 is 0. The highest BCUT2D eigenvalue weighted by Crippen LogP contribution is 2.39. The van der Waals surface area contributed by atoms with Crippen LogP contribution in [0, 0.1) is 23.4 Å². The quantitative estimate of drug-likeness (QED) is 0.139. The van der Waals surface area contributed by atoms with Crippen molar-refractivity contribution in [2.75, 3.05) is 0 Å². The van der Waals surface area contributed by atoms with Crippen molar-refractivity contribution in [2.24, 2.45) is 5.92 Å². The largest absolute Gasteiger partial charge is 0.207 e. The highest BCUT2D eigenvalue weighted by atomic mass is 19.2. The van der Waals surface area contributed by atoms with Gasteiger partial charge in [0.25, 0.3) is 0 Å². The van der Waals surface area contributed by atoms with Crippen LogP contribution in [0.1, 0.15) is 107 Å². The molecule has 0 aromatic heterocycles. The Kier molecular flexibility index (Phi) is 11.5. The molecule has 0 atom stereocenters. The van der Waals surface area contributed by atoms with E-state index in [0.29, 0.717) is 17.5 Å². The fraction of sp³-hybridized carbons (Fsp3) is 0.459. The molecule has 3 aromatic carbocycles. The van der Waals surface area contributed by atoms with E-state index < -0.39 is 11.6 Å². The van der Waals surface area contributed by atoms with Crippen LogP contribution in [0.2, 0.25) is 0 Å². The van der Waals surface area contributed by atoms with Gasteiger partial charge in [-0.15, -0.1) is 6.58 Å². The minimum Gasteiger partial charge on any atom is -0.207 e. The molecule has 1 fully saturated rings. The second kappa shape index (κ2) is 15.3. The van der Waals surface area contributed by atoms with Gasteiger partial charge < -0.3 is 0 Å². The molecule has 0 saturated heterocycles. The number of hydrogen-bond acceptors (Lipinski definition) is 0. The first-order valence-electron chi connectivity index (χ1n) is 15.5. The molecule has 0 N–H and O–H groups in total. The number of rotatable bonds is 14. The standard InChI is InChI=1S/C37H45F3/c1-3-5-7-8-9-10-11-13-31-22-25-34(37(40)36(31)39)30-20-18-28(19-21-30)32-23-24-33(35(38)26-32)29-16-14-27(15-17-29)12-6-4-2/h4,18-27,29H,2-3,5-17H2,1H3. The van der Waals surface area contributed by atoms with Crippen LogP contribution in [-0.4, -0.2) is 0 Å². The summed E-state index contributed by atoms with van der Waals surface area (Å²) in [5.74, 6) is -0.665. The van der Waals surface area contributed by atoms with E-state index in [0.717, 1.165) is 74.0 Å². The third kappa shape index (κ3) is 7.89. The fourth-order valence-electron chi connectivity index (χ4n) is 6.27. The molecule has 0 heterocycles. The minimum atomic E-state index is -0.789. The average Bonchev–Trinajstić information content (AvgIpc) is 2.98. The summed E-state index contributed by atoms with van der Waals surface area (Å²) in [6.07, 6.45) is 17.2. The van der Waals surface area contributed by atoms with Gasteiger partial charge in [0.1, 0.15) is 5.82 Å². The molecular formula is C37H45F3. The van der Waals surface area contributed by atoms with E-state index >= 15 is 8.78 Å². The number of hydrogen-bond donors (Lipinski definition) is 0. The summed E-state index contributed by atoms with van der Waals surface area (Å²) in [5, 5.41) is 0. The first-order valence-corrected chi connectivity index (χ1v) is 15.5. The summed E-state index contributed by atoms with van der Waals surface area (Å²) in [6.45, 7) is 6.02. The van der Waals surface area contributed by atoms with Crippen LogP contribution in [0.25, 0.3) is 22.3 Å². The molecule has 4 rings (SSSR count). The van der Waals surface area contributed by atoms with E-state index in [1.807, 2.05) is 30.3 Å². The molecule has 0 aliphatic heterocycles. The Bertz CT molecular complexity index is 1220. The summed E-state index contributed by atoms with van der Waals surface area (Å²) in [7, 11) is 0. The van der Waals surface area contributed by atoms with Crippen molar-refractivity contribution in [3.8, 4) is 22.3 Å². The van der Waals surface area contributed by atoms with E-state index in [2.05, 4.69) is 13.5 Å². The highest BCUT2D eigenvalue weighted by molar-refractivity contribution is 5.71. The summed E-state index contributed by atoms with van der Waals surface area (Å²) in [5.41, 5.74) is 3.80. The van der Waals surface area contributed by atoms with Gasteiger partial charge in [-0.05, 0) is 97.1 Å². The molecule has 0 bridgehead atoms. The predicted molar refractivity (Wildman–Crippen MR) is 163 cm³/mol. The molecule has 3 heteroatoms. The second-order valence-corrected chi connectivity index (χ2v) is 11.7. The SMILES string of the molecule is C=CCCC1CCC(c2ccc(-c3ccc(-c4ccc(CCCCCCCCC)c(F)c4F)cc3)cc2F)CC1. The van der Waals surface area contributed by atoms with Crippen LogP contribution >= 0.6 is 0 Å². The number of allylic oxidation sites excluding steroid dienone is 1. The monoisotopic (exact) mass is 546 g/mol. The first-order chi connectivity index (χ1) is 19.5. The van der Waals surface area contributed by atoms with Crippen molar-refractivity contribution < 1.29 is 13.2 Å². The third-order valence-corrected chi connectivity index (χ3v) is 8.81. The topological polar surface area (TPSA) is 0 Å². The Balaban J connectivity index is 1.36. The van der Waals surface area contributed by atoms with Crippen molar-refractivity contribution in [1.29, 1.82) is 0 Å². The van der Waals surface area contributed by atoms with Crippen molar-refractivity contribution in [1.82, 2.24) is 0 Å². The van der Waals surface area contributed by atoms with E-state index in [9.17, 15) is 4.39 Å². The molecule has 1 saturated carbocycles. The molecule has 0 nitrogen and oxygen atoms in total. The minimum absolute atomic E-state index is 0.152. The average molecular weight is 547 g/mol. The normalized spacial score (nSPS) is 17.2. The molecular weight excluding hydrogens is 501 g/mol. The van der Waals surface area contributed by atoms with E-state index in [1.54, 1.807) is 30.3 Å². The first kappa shape index (κ1) is 30.2. The van der Waals surface area contributed by atoms with Crippen molar-refractivity contribution in [3.05, 3.63) is 95.8 Å². The number of aryl methyl sites for hydroxylation is 1. The molecule has 1 aliphatic rings. The molecule has 3 aromatic rings. The van der Waals surface area contributed by atoms with Crippen LogP contribution in [0.5, 0.6) is 0 Å². The number of unbranched alkanes of at least 4 members (excludes halogenated alkanes) is 6. The number of halogens is 3. The Morgan fingerprint density at radius 1 is 0.725 bits per heavy atom. The van der Waals surface area contributed by atoms with Crippen LogP contribution in [0.15, 0.2) is 67.3 Å². The maximum atomic E-state index is 15.2. The molecule has 0 amide bonds. The van der Waals surface area contributed by atoms with Crippen LogP contribution < -0.4 is 0 Å². The Labute approximate surface area is 239 Å². The highest BCUT2D eigenvalue weighted by Gasteiger charge is 2.24. The molecule has 1 aliphatic carbocycles. The van der Waals surface area contributed by atoms with Gasteiger partial charge in [-0.2, -0.15) is 0 Å². The lowest BCUT2D eigenvalue weighted by molar-refractivity contribution is 0.308. The molecule has 0 spiro atoms. The zero-order valence-corrected chi connectivity index (χ0v) is 24.2. The summed E-state index contributed by atoms with van der Waals surface area (Å²) in [6, 6.07) is 16.2. The van der Waals surface area contributed by atoms with E-state index in [1.165, 1.54) is 32.1 Å². The van der Waals surface area contributed by atoms with Crippen LogP contribution in [-0.2, 0) is 6.42 Å². The van der Waals surface area contributed by atoms with Gasteiger partial charge in [0, 0.05) is 5.56 Å². The van der Waals surface area contributed by atoms with Gasteiger partial charge in [-0.3, -0.25) is 0 Å². The van der Waals surface area contributed by atoms with Gasteiger partial charge in [-0.1, -0.05) is 100 Å². The zero-order chi connectivity index (χ0) is 28.3. The lowest BCUT2D eigenvalue weighted by Crippen LogP contribution is -2.14. The molecule has 0 radical (unpaired) electrons. The van der Waals surface area contributed by atoms with Gasteiger partial charge in [0.2, 0.25) is 0 Å². The van der Waals surface area contributed by atoms with Gasteiger partial charge in [0.05, 0.1) is 0 Å². The Morgan fingerprint density at radius 2 is 1.38 bits per heavy atom. The zero-order valence-electron chi connectivity index (χ0n) is 24.2. The lowest BCUT2D eigenvalue weighted by Gasteiger charge is -2.29. The van der Waals surface area contributed by atoms with Crippen molar-refractivity contribution in [3.63, 3.8) is 0 Å². The summed E-state index contributed by atoms with van der Waals surface area (Å²) < 4.78 is 45.1. The fourth-order valence-corrected chi connectivity index (χ4v) is 6.27. The van der Waals surface area contributed by atoms with E-state index in [4.69, 9.17) is 0 Å². The van der Waals surface area contributed by atoms with Crippen molar-refractivity contribution in [2.45, 2.75) is 103 Å². The van der Waals surface area contributed by atoms with Crippen LogP contribution in [0.3, 0.4) is 0 Å². The van der Waals surface area contributed by atoms with E-state index in [-0.39, 0.29) is 17.3 Å². The van der Waals surface area contributed by atoms with Gasteiger partial charge in [-0.25, -0.2) is 13.2 Å². The smallest absolute Gasteiger partial charge is 0.166 e. The maximum Gasteiger partial charge on any atom is 0.166 e. The Hall–Kier alpha value is -2.81. The summed E-state index contributed by atoms with van der Waals surface area (Å²) in [4.78, 5) is 0. The molecule has 0 unspecified atom stereocenters. The lowest BCUT2D eigenvalue weighted by atomic mass is 9.77. The second-order valence-electron chi connectivity index (χ2n) is 11.7. The van der Waals surface area contributed by atoms with Gasteiger partial charge >= 0.3 is 0 Å². The van der Waals surface area contributed by atoms with Crippen molar-refractivity contribution >= 4 is 0 Å². The van der Waals surface area contributed by atoms with Gasteiger partial charge in [0.15, 0.2) is 11.6 Å². The maximum absolute atomic E-state index is 15.2. The van der Waals surface area contributed by atoms with Crippen LogP contribution in [0.4, 0.5) is 13.2 Å².